The molecule has 0 saturated heterocycles. The largest absolute Gasteiger partial charge is 0.497 e. The van der Waals surface area contributed by atoms with Crippen LogP contribution in [-0.2, 0) is 0 Å². The lowest BCUT2D eigenvalue weighted by atomic mass is 10.1. The molecule has 0 amide bonds. The number of aromatic hydroxyl groups is 1. The summed E-state index contributed by atoms with van der Waals surface area (Å²) in [4.78, 5) is 13.4. The molecule has 2 aromatic heterocycles. The van der Waals surface area contributed by atoms with Gasteiger partial charge >= 0.3 is 0 Å². The zero-order valence-corrected chi connectivity index (χ0v) is 14.1. The predicted molar refractivity (Wildman–Crippen MR) is 100 cm³/mol. The summed E-state index contributed by atoms with van der Waals surface area (Å²) in [7, 11) is 1.63. The Morgan fingerprint density at radius 2 is 2.16 bits per heavy atom. The Morgan fingerprint density at radius 3 is 2.96 bits per heavy atom. The van der Waals surface area contributed by atoms with Gasteiger partial charge in [0.25, 0.3) is 0 Å². The molecular formula is C18H14N4O2S. The lowest BCUT2D eigenvalue weighted by Crippen LogP contribution is -1.90. The number of aromatic nitrogens is 2. The van der Waals surface area contributed by atoms with Gasteiger partial charge in [-0.2, -0.15) is 4.98 Å². The van der Waals surface area contributed by atoms with E-state index in [9.17, 15) is 5.11 Å². The normalized spacial score (nSPS) is 13.9. The van der Waals surface area contributed by atoms with Crippen LogP contribution < -0.4 is 10.1 Å². The van der Waals surface area contributed by atoms with E-state index in [-0.39, 0.29) is 5.88 Å². The number of hydrogen-bond acceptors (Lipinski definition) is 7. The molecule has 1 aliphatic rings. The minimum absolute atomic E-state index is 0.0272. The van der Waals surface area contributed by atoms with Crippen LogP contribution in [0.25, 0.3) is 11.6 Å². The first-order chi connectivity index (χ1) is 12.2. The second-order valence-electron chi connectivity index (χ2n) is 5.29. The third kappa shape index (κ3) is 3.09. The molecule has 0 bridgehead atoms. The van der Waals surface area contributed by atoms with Gasteiger partial charge < -0.3 is 15.2 Å². The van der Waals surface area contributed by atoms with E-state index in [4.69, 9.17) is 4.74 Å². The Morgan fingerprint density at radius 1 is 1.24 bits per heavy atom. The van der Waals surface area contributed by atoms with Gasteiger partial charge in [-0.1, -0.05) is 17.4 Å². The van der Waals surface area contributed by atoms with Crippen molar-refractivity contribution >= 4 is 45.8 Å². The van der Waals surface area contributed by atoms with Crippen molar-refractivity contribution in [3.8, 4) is 11.6 Å². The average Bonchev–Trinajstić information content (AvgIpc) is 3.19. The Hall–Kier alpha value is -3.19. The molecule has 2 N–H and O–H groups in total. The molecule has 0 unspecified atom stereocenters. The second kappa shape index (κ2) is 6.37. The molecule has 0 saturated carbocycles. The summed E-state index contributed by atoms with van der Waals surface area (Å²) in [6, 6.07) is 11.3. The van der Waals surface area contributed by atoms with Crippen LogP contribution in [0.3, 0.4) is 0 Å². The lowest BCUT2D eigenvalue weighted by molar-refractivity contribution is 0.415. The molecule has 1 aromatic carbocycles. The van der Waals surface area contributed by atoms with Crippen molar-refractivity contribution in [2.24, 2.45) is 4.99 Å². The van der Waals surface area contributed by atoms with Gasteiger partial charge in [-0.25, -0.2) is 4.98 Å². The Balaban J connectivity index is 1.64. The number of benzene rings is 1. The average molecular weight is 350 g/mol. The van der Waals surface area contributed by atoms with Crippen LogP contribution in [0.4, 0.5) is 16.6 Å². The number of allylic oxidation sites excluding steroid dienone is 1. The minimum Gasteiger partial charge on any atom is -0.497 e. The first-order valence-electron chi connectivity index (χ1n) is 7.55. The van der Waals surface area contributed by atoms with Crippen molar-refractivity contribution in [2.75, 3.05) is 12.4 Å². The molecule has 0 fully saturated rings. The van der Waals surface area contributed by atoms with Crippen LogP contribution in [-0.4, -0.2) is 28.4 Å². The number of methoxy groups -OCH3 is 1. The van der Waals surface area contributed by atoms with Crippen molar-refractivity contribution < 1.29 is 9.84 Å². The molecule has 4 rings (SSSR count). The molecule has 7 heteroatoms. The van der Waals surface area contributed by atoms with Gasteiger partial charge in [0.1, 0.15) is 11.6 Å². The van der Waals surface area contributed by atoms with Crippen LogP contribution in [0, 0.1) is 0 Å². The maximum atomic E-state index is 10.1. The van der Waals surface area contributed by atoms with E-state index in [0.29, 0.717) is 15.8 Å². The Bertz CT molecular complexity index is 980. The summed E-state index contributed by atoms with van der Waals surface area (Å²) in [6.07, 6.45) is 5.33. The van der Waals surface area contributed by atoms with Crippen molar-refractivity contribution in [1.29, 1.82) is 0 Å². The standard InChI is InChI=1S/C18H14N4O2S/c1-24-12-5-6-14-13(9-12)11(10-20-14)8-15-17(23)22-18(25-15)21-16-4-2-3-7-19-16/h2-10,23H,1H3,(H,19,21,22)/b11-8+. The van der Waals surface area contributed by atoms with Crippen LogP contribution in [0.5, 0.6) is 11.6 Å². The molecule has 124 valence electrons. The highest BCUT2D eigenvalue weighted by molar-refractivity contribution is 7.16. The third-order valence-corrected chi connectivity index (χ3v) is 4.59. The fourth-order valence-corrected chi connectivity index (χ4v) is 3.29. The maximum Gasteiger partial charge on any atom is 0.231 e. The van der Waals surface area contributed by atoms with E-state index in [1.807, 2.05) is 42.5 Å². The number of nitrogens with one attached hydrogen (secondary N) is 1. The SMILES string of the molecule is COc1ccc2c(c1)/C(=C/c1sc(Nc3ccccn3)nc1O)C=N2. The smallest absolute Gasteiger partial charge is 0.231 e. The van der Waals surface area contributed by atoms with Crippen molar-refractivity contribution in [3.05, 3.63) is 53.0 Å². The lowest BCUT2D eigenvalue weighted by Gasteiger charge is -2.03. The molecular weight excluding hydrogens is 336 g/mol. The summed E-state index contributed by atoms with van der Waals surface area (Å²) in [5.74, 6) is 1.41. The second-order valence-corrected chi connectivity index (χ2v) is 6.32. The summed E-state index contributed by atoms with van der Waals surface area (Å²) in [6.45, 7) is 0. The van der Waals surface area contributed by atoms with E-state index in [1.165, 1.54) is 11.3 Å². The molecule has 3 heterocycles. The van der Waals surface area contributed by atoms with Crippen LogP contribution in [0.1, 0.15) is 10.4 Å². The highest BCUT2D eigenvalue weighted by atomic mass is 32.1. The molecule has 3 aromatic rings. The number of pyridine rings is 1. The summed E-state index contributed by atoms with van der Waals surface area (Å²) >= 11 is 1.34. The van der Waals surface area contributed by atoms with E-state index >= 15 is 0 Å². The molecule has 0 spiro atoms. The van der Waals surface area contributed by atoms with Crippen molar-refractivity contribution in [2.45, 2.75) is 0 Å². The molecule has 6 nitrogen and oxygen atoms in total. The summed E-state index contributed by atoms with van der Waals surface area (Å²) in [5.41, 5.74) is 2.74. The van der Waals surface area contributed by atoms with Gasteiger partial charge in [-0.05, 0) is 36.4 Å². The first kappa shape index (κ1) is 15.3. The number of hydrogen-bond donors (Lipinski definition) is 2. The summed E-state index contributed by atoms with van der Waals surface area (Å²) in [5, 5.41) is 13.8. The van der Waals surface area contributed by atoms with Gasteiger partial charge in [0.2, 0.25) is 5.88 Å². The van der Waals surface area contributed by atoms with Gasteiger partial charge in [0, 0.05) is 23.5 Å². The van der Waals surface area contributed by atoms with Crippen molar-refractivity contribution in [1.82, 2.24) is 9.97 Å². The number of thiazole rings is 1. The molecule has 1 aliphatic heterocycles. The number of ether oxygens (including phenoxy) is 1. The topological polar surface area (TPSA) is 79.6 Å². The van der Waals surface area contributed by atoms with Crippen LogP contribution in [0.15, 0.2) is 47.6 Å². The Labute approximate surface area is 148 Å². The number of aliphatic imine (C=N–C) groups is 1. The van der Waals surface area contributed by atoms with E-state index in [2.05, 4.69) is 20.3 Å². The monoisotopic (exact) mass is 350 g/mol. The van der Waals surface area contributed by atoms with Gasteiger partial charge in [0.05, 0.1) is 17.7 Å². The van der Waals surface area contributed by atoms with Crippen LogP contribution in [0.2, 0.25) is 0 Å². The molecule has 0 aliphatic carbocycles. The van der Waals surface area contributed by atoms with Gasteiger partial charge in [-0.3, -0.25) is 4.99 Å². The highest BCUT2D eigenvalue weighted by Gasteiger charge is 2.16. The van der Waals surface area contributed by atoms with Gasteiger partial charge in [0.15, 0.2) is 5.13 Å². The quantitative estimate of drug-likeness (QED) is 0.735. The predicted octanol–water partition coefficient (Wildman–Crippen LogP) is 4.25. The molecule has 0 radical (unpaired) electrons. The zero-order valence-electron chi connectivity index (χ0n) is 13.3. The highest BCUT2D eigenvalue weighted by Crippen LogP contribution is 2.38. The zero-order chi connectivity index (χ0) is 17.2. The number of nitrogens with zero attached hydrogens (tertiary/aromatic N) is 3. The Kier molecular flexibility index (Phi) is 3.91. The fourth-order valence-electron chi connectivity index (χ4n) is 2.47. The number of fused-ring (bicyclic) bond motifs is 1. The fraction of sp³-hybridized carbons (Fsp3) is 0.0556. The number of anilines is 2. The van der Waals surface area contributed by atoms with Crippen molar-refractivity contribution in [3.63, 3.8) is 0 Å². The van der Waals surface area contributed by atoms with E-state index < -0.39 is 0 Å². The van der Waals surface area contributed by atoms with Gasteiger partial charge in [-0.15, -0.1) is 0 Å². The first-order valence-corrected chi connectivity index (χ1v) is 8.36. The minimum atomic E-state index is -0.0272. The van der Waals surface area contributed by atoms with E-state index in [0.717, 1.165) is 22.6 Å². The van der Waals surface area contributed by atoms with Crippen LogP contribution >= 0.6 is 11.3 Å². The molecule has 0 atom stereocenters. The molecule has 25 heavy (non-hydrogen) atoms. The van der Waals surface area contributed by atoms with E-state index in [1.54, 1.807) is 19.5 Å². The summed E-state index contributed by atoms with van der Waals surface area (Å²) < 4.78 is 5.27. The maximum absolute atomic E-state index is 10.1. The third-order valence-electron chi connectivity index (χ3n) is 3.68. The number of rotatable bonds is 4.